The summed E-state index contributed by atoms with van der Waals surface area (Å²) in [6.45, 7) is 2.50. The van der Waals surface area contributed by atoms with Gasteiger partial charge in [0.05, 0.1) is 0 Å². The molecule has 0 aliphatic carbocycles. The molecule has 1 heterocycles. The van der Waals surface area contributed by atoms with E-state index < -0.39 is 0 Å². The first-order chi connectivity index (χ1) is 3.50. The van der Waals surface area contributed by atoms with Gasteiger partial charge in [0.15, 0.2) is 0 Å². The molecule has 1 aliphatic heterocycles. The molecule has 0 atom stereocenters. The van der Waals surface area contributed by atoms with Gasteiger partial charge in [0.2, 0.25) is 0 Å². The van der Waals surface area contributed by atoms with Gasteiger partial charge < -0.3 is 5.32 Å². The van der Waals surface area contributed by atoms with Crippen LogP contribution in [-0.4, -0.2) is 32.0 Å². The van der Waals surface area contributed by atoms with Gasteiger partial charge in [-0.1, -0.05) is 12.8 Å². The normalized spacial score (nSPS) is 21.0. The van der Waals surface area contributed by atoms with E-state index in [0.717, 1.165) is 0 Å². The van der Waals surface area contributed by atoms with E-state index in [2.05, 4.69) is 5.32 Å². The van der Waals surface area contributed by atoms with E-state index >= 15 is 0 Å². The Labute approximate surface area is 63.4 Å². The zero-order valence-corrected chi connectivity index (χ0v) is 4.74. The SMILES string of the molecule is C1CCCNCC1.[LiH]. The van der Waals surface area contributed by atoms with Crippen molar-refractivity contribution in [1.82, 2.24) is 5.32 Å². The first-order valence-electron chi connectivity index (χ1n) is 3.21. The van der Waals surface area contributed by atoms with Gasteiger partial charge in [0, 0.05) is 0 Å². The van der Waals surface area contributed by atoms with E-state index in [1.807, 2.05) is 0 Å². The predicted octanol–water partition coefficient (Wildman–Crippen LogP) is 0.501. The van der Waals surface area contributed by atoms with Crippen molar-refractivity contribution in [3.63, 3.8) is 0 Å². The number of nitrogens with one attached hydrogen (secondary N) is 1. The summed E-state index contributed by atoms with van der Waals surface area (Å²) in [6, 6.07) is 0. The van der Waals surface area contributed by atoms with Crippen molar-refractivity contribution in [2.75, 3.05) is 13.1 Å². The Bertz CT molecular complexity index is 28.1. The van der Waals surface area contributed by atoms with Crippen LogP contribution in [-0.2, 0) is 0 Å². The average Bonchev–Trinajstić information content (AvgIpc) is 1.90. The molecule has 8 heavy (non-hydrogen) atoms. The van der Waals surface area contributed by atoms with Crippen molar-refractivity contribution in [3.05, 3.63) is 0 Å². The van der Waals surface area contributed by atoms with E-state index in [4.69, 9.17) is 0 Å². The molecule has 1 aliphatic rings. The van der Waals surface area contributed by atoms with Crippen molar-refractivity contribution >= 4 is 18.9 Å². The van der Waals surface area contributed by atoms with Gasteiger partial charge in [-0.25, -0.2) is 0 Å². The summed E-state index contributed by atoms with van der Waals surface area (Å²) >= 11 is 0. The fourth-order valence-corrected chi connectivity index (χ4v) is 0.979. The third-order valence-electron chi connectivity index (χ3n) is 1.46. The van der Waals surface area contributed by atoms with E-state index in [1.165, 1.54) is 38.8 Å². The molecule has 2 heteroatoms. The van der Waals surface area contributed by atoms with Crippen molar-refractivity contribution in [1.29, 1.82) is 0 Å². The standard InChI is InChI=1S/C6H13N.Li.H/c1-2-4-6-7-5-3-1;;/h7H,1-6H2;;. The molecule has 0 spiro atoms. The molecule has 0 aromatic carbocycles. The summed E-state index contributed by atoms with van der Waals surface area (Å²) in [5.74, 6) is 0. The molecule has 0 aromatic heterocycles. The predicted molar refractivity (Wildman–Crippen MR) is 38.5 cm³/mol. The fourth-order valence-electron chi connectivity index (χ4n) is 0.979. The third-order valence-corrected chi connectivity index (χ3v) is 1.46. The quantitative estimate of drug-likeness (QED) is 0.444. The number of hydrogen-bond acceptors (Lipinski definition) is 1. The summed E-state index contributed by atoms with van der Waals surface area (Å²) in [5, 5.41) is 3.35. The fraction of sp³-hybridized carbons (Fsp3) is 1.00. The summed E-state index contributed by atoms with van der Waals surface area (Å²) in [6.07, 6.45) is 5.65. The van der Waals surface area contributed by atoms with E-state index in [9.17, 15) is 0 Å². The minimum atomic E-state index is 0. The van der Waals surface area contributed by atoms with Crippen LogP contribution in [0.5, 0.6) is 0 Å². The van der Waals surface area contributed by atoms with Gasteiger partial charge in [-0.2, -0.15) is 0 Å². The van der Waals surface area contributed by atoms with E-state index in [1.54, 1.807) is 0 Å². The monoisotopic (exact) mass is 107 g/mol. The van der Waals surface area contributed by atoms with Crippen molar-refractivity contribution in [2.45, 2.75) is 25.7 Å². The summed E-state index contributed by atoms with van der Waals surface area (Å²) in [7, 11) is 0. The Balaban J connectivity index is 0.000000490. The Kier molecular flexibility index (Phi) is 6.09. The van der Waals surface area contributed by atoms with Gasteiger partial charge >= 0.3 is 18.9 Å². The van der Waals surface area contributed by atoms with Crippen molar-refractivity contribution < 1.29 is 0 Å². The van der Waals surface area contributed by atoms with Crippen LogP contribution in [0.1, 0.15) is 25.7 Å². The third kappa shape index (κ3) is 3.55. The maximum absolute atomic E-state index is 3.35. The molecule has 44 valence electrons. The summed E-state index contributed by atoms with van der Waals surface area (Å²) < 4.78 is 0. The second-order valence-electron chi connectivity index (χ2n) is 2.16. The molecule has 0 unspecified atom stereocenters. The second-order valence-corrected chi connectivity index (χ2v) is 2.16. The van der Waals surface area contributed by atoms with Crippen LogP contribution in [0.4, 0.5) is 0 Å². The molecular weight excluding hydrogens is 93.0 g/mol. The molecule has 1 fully saturated rings. The zero-order valence-electron chi connectivity index (χ0n) is 4.74. The van der Waals surface area contributed by atoms with Crippen LogP contribution >= 0.6 is 0 Å². The number of rotatable bonds is 0. The van der Waals surface area contributed by atoms with Gasteiger partial charge in [-0.15, -0.1) is 0 Å². The Morgan fingerprint density at radius 2 is 1.25 bits per heavy atom. The summed E-state index contributed by atoms with van der Waals surface area (Å²) in [4.78, 5) is 0. The van der Waals surface area contributed by atoms with Crippen LogP contribution in [0, 0.1) is 0 Å². The Morgan fingerprint density at radius 1 is 0.750 bits per heavy atom. The van der Waals surface area contributed by atoms with E-state index in [-0.39, 0.29) is 18.9 Å². The van der Waals surface area contributed by atoms with Gasteiger partial charge in [0.25, 0.3) is 0 Å². The van der Waals surface area contributed by atoms with Crippen LogP contribution < -0.4 is 5.32 Å². The van der Waals surface area contributed by atoms with Crippen LogP contribution in [0.15, 0.2) is 0 Å². The molecule has 1 rings (SSSR count). The first-order valence-corrected chi connectivity index (χ1v) is 3.21. The molecule has 0 amide bonds. The van der Waals surface area contributed by atoms with Gasteiger partial charge in [-0.05, 0) is 25.9 Å². The zero-order chi connectivity index (χ0) is 4.95. The average molecular weight is 107 g/mol. The molecule has 0 saturated carbocycles. The second kappa shape index (κ2) is 5.69. The molecular formula is C6H14LiN. The van der Waals surface area contributed by atoms with Crippen LogP contribution in [0.2, 0.25) is 0 Å². The first kappa shape index (κ1) is 8.56. The molecule has 1 nitrogen and oxygen atoms in total. The van der Waals surface area contributed by atoms with Crippen LogP contribution in [0.25, 0.3) is 0 Å². The molecule has 1 saturated heterocycles. The number of hydrogen-bond donors (Lipinski definition) is 1. The maximum atomic E-state index is 3.35. The van der Waals surface area contributed by atoms with Gasteiger partial charge in [0.1, 0.15) is 0 Å². The summed E-state index contributed by atoms with van der Waals surface area (Å²) in [5.41, 5.74) is 0. The van der Waals surface area contributed by atoms with Gasteiger partial charge in [-0.3, -0.25) is 0 Å². The minimum absolute atomic E-state index is 0. The molecule has 1 N–H and O–H groups in total. The van der Waals surface area contributed by atoms with Crippen molar-refractivity contribution in [2.24, 2.45) is 0 Å². The molecule has 0 aromatic rings. The van der Waals surface area contributed by atoms with Crippen molar-refractivity contribution in [3.8, 4) is 0 Å². The Hall–Kier alpha value is 0.557. The molecule has 0 bridgehead atoms. The Morgan fingerprint density at radius 3 is 1.75 bits per heavy atom. The molecule has 0 radical (unpaired) electrons. The topological polar surface area (TPSA) is 12.0 Å². The van der Waals surface area contributed by atoms with E-state index in [0.29, 0.717) is 0 Å². The van der Waals surface area contributed by atoms with Crippen LogP contribution in [0.3, 0.4) is 0 Å².